The zero-order valence-corrected chi connectivity index (χ0v) is 7.57. The highest BCUT2D eigenvalue weighted by Crippen LogP contribution is 2.27. The Labute approximate surface area is 76.4 Å². The molecule has 0 radical (unpaired) electrons. The maximum Gasteiger partial charge on any atom is 0.137 e. The van der Waals surface area contributed by atoms with E-state index in [9.17, 15) is 5.11 Å². The molecule has 1 rings (SSSR count). The second-order valence-corrected chi connectivity index (χ2v) is 3.08. The van der Waals surface area contributed by atoms with Crippen LogP contribution in [0.3, 0.4) is 0 Å². The number of phenols is 1. The summed E-state index contributed by atoms with van der Waals surface area (Å²) in [5.74, 6) is 0.900. The Bertz CT molecular complexity index is 250. The number of rotatable bonds is 2. The van der Waals surface area contributed by atoms with Crippen LogP contribution < -0.4 is 0 Å². The first-order valence-electron chi connectivity index (χ1n) is 3.33. The molecule has 1 aromatic rings. The van der Waals surface area contributed by atoms with Crippen LogP contribution in [0.2, 0.25) is 5.02 Å². The fourth-order valence-corrected chi connectivity index (χ4v) is 1.32. The van der Waals surface area contributed by atoms with Crippen LogP contribution in [0.1, 0.15) is 5.56 Å². The third kappa shape index (κ3) is 2.04. The minimum absolute atomic E-state index is 0.184. The average molecular weight is 189 g/mol. The molecule has 0 aliphatic carbocycles. The fourth-order valence-electron chi connectivity index (χ4n) is 0.882. The van der Waals surface area contributed by atoms with E-state index in [1.165, 1.54) is 0 Å². The normalized spacial score (nSPS) is 10.0. The van der Waals surface area contributed by atoms with E-state index in [0.717, 1.165) is 12.0 Å². The molecule has 0 fully saturated rings. The highest BCUT2D eigenvalue weighted by atomic mass is 35.5. The number of halogens is 1. The average Bonchev–Trinajstić information content (AvgIpc) is 1.99. The summed E-state index contributed by atoms with van der Waals surface area (Å²) in [5, 5.41) is 9.77. The van der Waals surface area contributed by atoms with Crippen LogP contribution in [-0.2, 0) is 6.42 Å². The lowest BCUT2D eigenvalue weighted by atomic mass is 10.1. The summed E-state index contributed by atoms with van der Waals surface area (Å²) < 4.78 is 0. The summed E-state index contributed by atoms with van der Waals surface area (Å²) in [6.07, 6.45) is 0.746. The van der Waals surface area contributed by atoms with E-state index in [2.05, 4.69) is 12.6 Å². The molecule has 0 bridgehead atoms. The first-order chi connectivity index (χ1) is 5.25. The van der Waals surface area contributed by atoms with Crippen molar-refractivity contribution in [2.24, 2.45) is 0 Å². The second kappa shape index (κ2) is 3.88. The number of thiol groups is 1. The van der Waals surface area contributed by atoms with Crippen LogP contribution in [-0.4, -0.2) is 10.9 Å². The van der Waals surface area contributed by atoms with Crippen molar-refractivity contribution in [3.8, 4) is 5.75 Å². The molecule has 0 amide bonds. The van der Waals surface area contributed by atoms with Crippen LogP contribution in [0.4, 0.5) is 0 Å². The highest BCUT2D eigenvalue weighted by Gasteiger charge is 2.02. The van der Waals surface area contributed by atoms with Gasteiger partial charge >= 0.3 is 0 Å². The molecule has 0 unspecified atom stereocenters. The largest absolute Gasteiger partial charge is 0.506 e. The maximum atomic E-state index is 9.36. The quantitative estimate of drug-likeness (QED) is 0.684. The Morgan fingerprint density at radius 2 is 2.18 bits per heavy atom. The smallest absolute Gasteiger partial charge is 0.137 e. The Hall–Kier alpha value is -0.340. The Balaban J connectivity index is 2.96. The van der Waals surface area contributed by atoms with Crippen molar-refractivity contribution >= 4 is 24.2 Å². The minimum atomic E-state index is 0.184. The van der Waals surface area contributed by atoms with E-state index >= 15 is 0 Å². The van der Waals surface area contributed by atoms with Gasteiger partial charge in [0.1, 0.15) is 5.75 Å². The highest BCUT2D eigenvalue weighted by molar-refractivity contribution is 7.80. The number of hydrogen-bond acceptors (Lipinski definition) is 2. The van der Waals surface area contributed by atoms with Crippen LogP contribution in [0, 0.1) is 0 Å². The van der Waals surface area contributed by atoms with E-state index in [4.69, 9.17) is 11.6 Å². The van der Waals surface area contributed by atoms with Crippen molar-refractivity contribution in [1.82, 2.24) is 0 Å². The zero-order valence-electron chi connectivity index (χ0n) is 5.92. The standard InChI is InChI=1S/C8H9ClOS/c9-7-3-1-2-6(4-5-11)8(7)10/h1-3,10-11H,4-5H2. The van der Waals surface area contributed by atoms with Gasteiger partial charge in [0.05, 0.1) is 5.02 Å². The molecule has 1 aromatic carbocycles. The first-order valence-corrected chi connectivity index (χ1v) is 4.34. The summed E-state index contributed by atoms with van der Waals surface area (Å²) in [6.45, 7) is 0. The van der Waals surface area contributed by atoms with Crippen LogP contribution in [0.5, 0.6) is 5.75 Å². The molecule has 1 N–H and O–H groups in total. The predicted molar refractivity (Wildman–Crippen MR) is 50.7 cm³/mol. The molecule has 60 valence electrons. The van der Waals surface area contributed by atoms with E-state index in [0.29, 0.717) is 10.8 Å². The number of phenolic OH excluding ortho intramolecular Hbond substituents is 1. The van der Waals surface area contributed by atoms with Crippen LogP contribution in [0.25, 0.3) is 0 Å². The Morgan fingerprint density at radius 1 is 1.45 bits per heavy atom. The summed E-state index contributed by atoms with van der Waals surface area (Å²) >= 11 is 9.73. The number of benzene rings is 1. The van der Waals surface area contributed by atoms with Gasteiger partial charge in [-0.3, -0.25) is 0 Å². The summed E-state index contributed by atoms with van der Waals surface area (Å²) in [5.41, 5.74) is 0.854. The van der Waals surface area contributed by atoms with Crippen molar-refractivity contribution in [2.75, 3.05) is 5.75 Å². The SMILES string of the molecule is Oc1c(Cl)cccc1CCS. The lowest BCUT2D eigenvalue weighted by Crippen LogP contribution is -1.86. The van der Waals surface area contributed by atoms with E-state index in [1.54, 1.807) is 6.07 Å². The summed E-state index contributed by atoms with van der Waals surface area (Å²) in [7, 11) is 0. The van der Waals surface area contributed by atoms with Crippen LogP contribution in [0.15, 0.2) is 18.2 Å². The van der Waals surface area contributed by atoms with Gasteiger partial charge in [-0.05, 0) is 23.8 Å². The minimum Gasteiger partial charge on any atom is -0.506 e. The molecule has 0 aliphatic rings. The zero-order chi connectivity index (χ0) is 8.27. The number of aryl methyl sites for hydroxylation is 1. The molecule has 0 heterocycles. The van der Waals surface area contributed by atoms with Gasteiger partial charge in [0, 0.05) is 0 Å². The maximum absolute atomic E-state index is 9.36. The van der Waals surface area contributed by atoms with Gasteiger partial charge in [-0.2, -0.15) is 12.6 Å². The molecular weight excluding hydrogens is 180 g/mol. The van der Waals surface area contributed by atoms with Gasteiger partial charge in [0.25, 0.3) is 0 Å². The van der Waals surface area contributed by atoms with Crippen molar-refractivity contribution < 1.29 is 5.11 Å². The van der Waals surface area contributed by atoms with Crippen molar-refractivity contribution in [3.63, 3.8) is 0 Å². The lowest BCUT2D eigenvalue weighted by Gasteiger charge is -2.02. The predicted octanol–water partition coefficient (Wildman–Crippen LogP) is 2.52. The van der Waals surface area contributed by atoms with Gasteiger partial charge in [-0.1, -0.05) is 23.7 Å². The molecule has 3 heteroatoms. The van der Waals surface area contributed by atoms with Crippen molar-refractivity contribution in [2.45, 2.75) is 6.42 Å². The lowest BCUT2D eigenvalue weighted by molar-refractivity contribution is 0.469. The molecule has 0 aliphatic heterocycles. The van der Waals surface area contributed by atoms with Gasteiger partial charge in [-0.15, -0.1) is 0 Å². The molecule has 0 saturated carbocycles. The molecule has 0 aromatic heterocycles. The molecule has 11 heavy (non-hydrogen) atoms. The number of aromatic hydroxyl groups is 1. The fraction of sp³-hybridized carbons (Fsp3) is 0.250. The van der Waals surface area contributed by atoms with E-state index in [1.807, 2.05) is 12.1 Å². The topological polar surface area (TPSA) is 20.2 Å². The van der Waals surface area contributed by atoms with Gasteiger partial charge in [0.2, 0.25) is 0 Å². The Morgan fingerprint density at radius 3 is 2.82 bits per heavy atom. The monoisotopic (exact) mass is 188 g/mol. The molecule has 0 atom stereocenters. The van der Waals surface area contributed by atoms with E-state index < -0.39 is 0 Å². The first kappa shape index (κ1) is 8.75. The third-order valence-corrected chi connectivity index (χ3v) is 1.98. The molecule has 0 saturated heterocycles. The van der Waals surface area contributed by atoms with Gasteiger partial charge < -0.3 is 5.11 Å². The Kier molecular flexibility index (Phi) is 3.09. The van der Waals surface area contributed by atoms with E-state index in [-0.39, 0.29) is 5.75 Å². The third-order valence-electron chi connectivity index (χ3n) is 1.45. The van der Waals surface area contributed by atoms with Gasteiger partial charge in [0.15, 0.2) is 0 Å². The van der Waals surface area contributed by atoms with Crippen LogP contribution >= 0.6 is 24.2 Å². The molecular formula is C8H9ClOS. The number of hydrogen-bond donors (Lipinski definition) is 2. The second-order valence-electron chi connectivity index (χ2n) is 2.22. The summed E-state index contributed by atoms with van der Waals surface area (Å²) in [4.78, 5) is 0. The van der Waals surface area contributed by atoms with Crippen molar-refractivity contribution in [3.05, 3.63) is 28.8 Å². The molecule has 0 spiro atoms. The number of para-hydroxylation sites is 1. The molecule has 1 nitrogen and oxygen atoms in total. The van der Waals surface area contributed by atoms with Crippen molar-refractivity contribution in [1.29, 1.82) is 0 Å². The summed E-state index contributed by atoms with van der Waals surface area (Å²) in [6, 6.07) is 5.33. The van der Waals surface area contributed by atoms with Gasteiger partial charge in [-0.25, -0.2) is 0 Å².